The van der Waals surface area contributed by atoms with Crippen LogP contribution < -0.4 is 10.0 Å². The Labute approximate surface area is 147 Å². The van der Waals surface area contributed by atoms with Gasteiger partial charge in [-0.3, -0.25) is 0 Å². The van der Waals surface area contributed by atoms with E-state index in [1.165, 1.54) is 18.4 Å². The van der Waals surface area contributed by atoms with Gasteiger partial charge in [0.2, 0.25) is 10.0 Å². The molecule has 0 amide bonds. The number of carboxylic acid groups (broad SMARTS) is 1. The number of nitrogens with one attached hydrogen (secondary N) is 2. The zero-order valence-electron chi connectivity index (χ0n) is 14.2. The van der Waals surface area contributed by atoms with Crippen molar-refractivity contribution in [3.63, 3.8) is 0 Å². The highest BCUT2D eigenvalue weighted by molar-refractivity contribution is 7.89. The summed E-state index contributed by atoms with van der Waals surface area (Å²) in [6, 6.07) is 7.42. The standard InChI is InChI=1S/C17H22N2O5S/c1-3-5-12(2)19-16-8-7-14(10-15(16)17(20)21)25(22,23)18-11-13-6-4-9-24-13/h4,6-10,12,18-19H,3,5,11H2,1-2H3,(H,20,21). The van der Waals surface area contributed by atoms with Gasteiger partial charge in [-0.1, -0.05) is 13.3 Å². The van der Waals surface area contributed by atoms with E-state index in [1.54, 1.807) is 12.1 Å². The lowest BCUT2D eigenvalue weighted by Gasteiger charge is -2.17. The fraction of sp³-hybridized carbons (Fsp3) is 0.353. The quantitative estimate of drug-likeness (QED) is 0.629. The fourth-order valence-electron chi connectivity index (χ4n) is 2.43. The summed E-state index contributed by atoms with van der Waals surface area (Å²) in [7, 11) is -3.85. The fourth-order valence-corrected chi connectivity index (χ4v) is 3.45. The summed E-state index contributed by atoms with van der Waals surface area (Å²) in [6.45, 7) is 3.98. The molecule has 2 rings (SSSR count). The lowest BCUT2D eigenvalue weighted by Crippen LogP contribution is -2.24. The number of aromatic carboxylic acids is 1. The molecule has 1 heterocycles. The average Bonchev–Trinajstić information content (AvgIpc) is 3.06. The number of carboxylic acids is 1. The first-order valence-electron chi connectivity index (χ1n) is 7.99. The van der Waals surface area contributed by atoms with Gasteiger partial charge in [-0.15, -0.1) is 0 Å². The first-order chi connectivity index (χ1) is 11.8. The van der Waals surface area contributed by atoms with Gasteiger partial charge in [0.1, 0.15) is 5.76 Å². The lowest BCUT2D eigenvalue weighted by atomic mass is 10.1. The van der Waals surface area contributed by atoms with Gasteiger partial charge in [0.25, 0.3) is 0 Å². The number of benzene rings is 1. The normalized spacial score (nSPS) is 12.7. The summed E-state index contributed by atoms with van der Waals surface area (Å²) in [4.78, 5) is 11.4. The predicted octanol–water partition coefficient (Wildman–Crippen LogP) is 3.06. The molecule has 1 aromatic carbocycles. The maximum absolute atomic E-state index is 12.4. The van der Waals surface area contributed by atoms with Crippen LogP contribution in [0.4, 0.5) is 5.69 Å². The van der Waals surface area contributed by atoms with Gasteiger partial charge in [0, 0.05) is 11.7 Å². The van der Waals surface area contributed by atoms with Crippen LogP contribution in [0.1, 0.15) is 42.8 Å². The molecule has 1 aromatic heterocycles. The summed E-state index contributed by atoms with van der Waals surface area (Å²) in [5.41, 5.74) is 0.322. The Hall–Kier alpha value is -2.32. The molecule has 0 aliphatic rings. The molecule has 3 N–H and O–H groups in total. The molecule has 7 nitrogen and oxygen atoms in total. The molecule has 2 aromatic rings. The van der Waals surface area contributed by atoms with Crippen molar-refractivity contribution in [2.45, 2.75) is 44.2 Å². The second-order valence-electron chi connectivity index (χ2n) is 5.75. The highest BCUT2D eigenvalue weighted by atomic mass is 32.2. The van der Waals surface area contributed by atoms with E-state index < -0.39 is 16.0 Å². The molecule has 0 bridgehead atoms. The van der Waals surface area contributed by atoms with Crippen molar-refractivity contribution in [3.05, 3.63) is 47.9 Å². The Morgan fingerprint density at radius 2 is 2.08 bits per heavy atom. The van der Waals surface area contributed by atoms with Crippen molar-refractivity contribution in [3.8, 4) is 0 Å². The molecule has 0 aliphatic heterocycles. The van der Waals surface area contributed by atoms with Crippen molar-refractivity contribution in [1.82, 2.24) is 4.72 Å². The number of hydrogen-bond acceptors (Lipinski definition) is 5. The summed E-state index contributed by atoms with van der Waals surface area (Å²) in [5, 5.41) is 12.5. The van der Waals surface area contributed by atoms with E-state index in [2.05, 4.69) is 10.0 Å². The Balaban J connectivity index is 2.23. The topological polar surface area (TPSA) is 109 Å². The minimum absolute atomic E-state index is 0.00866. The molecular weight excluding hydrogens is 344 g/mol. The molecule has 136 valence electrons. The zero-order valence-corrected chi connectivity index (χ0v) is 15.0. The van der Waals surface area contributed by atoms with E-state index in [4.69, 9.17) is 4.42 Å². The van der Waals surface area contributed by atoms with Gasteiger partial charge in [-0.05, 0) is 43.7 Å². The van der Waals surface area contributed by atoms with Crippen LogP contribution in [0.5, 0.6) is 0 Å². The third-order valence-corrected chi connectivity index (χ3v) is 5.07. The Kier molecular flexibility index (Phi) is 6.22. The van der Waals surface area contributed by atoms with Crippen molar-refractivity contribution < 1.29 is 22.7 Å². The number of rotatable bonds is 9. The largest absolute Gasteiger partial charge is 0.478 e. The highest BCUT2D eigenvalue weighted by Crippen LogP contribution is 2.22. The molecule has 0 saturated heterocycles. The zero-order chi connectivity index (χ0) is 18.4. The van der Waals surface area contributed by atoms with Crippen LogP contribution >= 0.6 is 0 Å². The summed E-state index contributed by atoms with van der Waals surface area (Å²) >= 11 is 0. The SMILES string of the molecule is CCCC(C)Nc1ccc(S(=O)(=O)NCc2ccco2)cc1C(=O)O. The first-order valence-corrected chi connectivity index (χ1v) is 9.47. The van der Waals surface area contributed by atoms with E-state index in [9.17, 15) is 18.3 Å². The van der Waals surface area contributed by atoms with E-state index in [1.807, 2.05) is 13.8 Å². The van der Waals surface area contributed by atoms with Crippen LogP contribution in [0.2, 0.25) is 0 Å². The van der Waals surface area contributed by atoms with E-state index in [-0.39, 0.29) is 23.0 Å². The van der Waals surface area contributed by atoms with Crippen LogP contribution in [0.15, 0.2) is 45.9 Å². The van der Waals surface area contributed by atoms with Crippen molar-refractivity contribution >= 4 is 21.7 Å². The molecule has 25 heavy (non-hydrogen) atoms. The smallest absolute Gasteiger partial charge is 0.337 e. The summed E-state index contributed by atoms with van der Waals surface area (Å²) in [6.07, 6.45) is 3.29. The second-order valence-corrected chi connectivity index (χ2v) is 7.52. The minimum atomic E-state index is -3.85. The van der Waals surface area contributed by atoms with E-state index >= 15 is 0 Å². The molecule has 0 aliphatic carbocycles. The third-order valence-electron chi connectivity index (χ3n) is 3.67. The Morgan fingerprint density at radius 1 is 1.32 bits per heavy atom. The van der Waals surface area contributed by atoms with E-state index in [0.717, 1.165) is 18.9 Å². The Bertz CT molecular complexity index is 816. The van der Waals surface area contributed by atoms with Crippen LogP contribution in [-0.2, 0) is 16.6 Å². The monoisotopic (exact) mass is 366 g/mol. The number of furan rings is 1. The second kappa shape index (κ2) is 8.17. The molecular formula is C17H22N2O5S. The van der Waals surface area contributed by atoms with Crippen LogP contribution in [-0.4, -0.2) is 25.5 Å². The number of hydrogen-bond donors (Lipinski definition) is 3. The van der Waals surface area contributed by atoms with Crippen molar-refractivity contribution in [2.75, 3.05) is 5.32 Å². The Morgan fingerprint density at radius 3 is 2.68 bits per heavy atom. The first kappa shape index (κ1) is 19.0. The summed E-state index contributed by atoms with van der Waals surface area (Å²) in [5.74, 6) is -0.719. The molecule has 0 radical (unpaired) electrons. The van der Waals surface area contributed by atoms with Gasteiger partial charge in [-0.2, -0.15) is 0 Å². The molecule has 0 spiro atoms. The average molecular weight is 366 g/mol. The number of carbonyl (C=O) groups is 1. The van der Waals surface area contributed by atoms with Gasteiger partial charge < -0.3 is 14.8 Å². The molecule has 1 atom stereocenters. The highest BCUT2D eigenvalue weighted by Gasteiger charge is 2.20. The molecule has 0 saturated carbocycles. The maximum Gasteiger partial charge on any atom is 0.337 e. The molecule has 1 unspecified atom stereocenters. The van der Waals surface area contributed by atoms with Gasteiger partial charge in [0.05, 0.1) is 23.3 Å². The predicted molar refractivity (Wildman–Crippen MR) is 94.1 cm³/mol. The molecule has 0 fully saturated rings. The summed E-state index contributed by atoms with van der Waals surface area (Å²) < 4.78 is 32.2. The maximum atomic E-state index is 12.4. The van der Waals surface area contributed by atoms with Gasteiger partial charge in [0.15, 0.2) is 0 Å². The lowest BCUT2D eigenvalue weighted by molar-refractivity contribution is 0.0697. The third kappa shape index (κ3) is 5.07. The number of anilines is 1. The van der Waals surface area contributed by atoms with Crippen LogP contribution in [0, 0.1) is 0 Å². The van der Waals surface area contributed by atoms with Crippen LogP contribution in [0.25, 0.3) is 0 Å². The van der Waals surface area contributed by atoms with Crippen LogP contribution in [0.3, 0.4) is 0 Å². The van der Waals surface area contributed by atoms with Gasteiger partial charge >= 0.3 is 5.97 Å². The van der Waals surface area contributed by atoms with E-state index in [0.29, 0.717) is 11.4 Å². The minimum Gasteiger partial charge on any atom is -0.478 e. The van der Waals surface area contributed by atoms with Gasteiger partial charge in [-0.25, -0.2) is 17.9 Å². The molecule has 8 heteroatoms. The number of sulfonamides is 1. The van der Waals surface area contributed by atoms with Crippen molar-refractivity contribution in [1.29, 1.82) is 0 Å². The van der Waals surface area contributed by atoms with Crippen molar-refractivity contribution in [2.24, 2.45) is 0 Å².